The highest BCUT2D eigenvalue weighted by molar-refractivity contribution is 14.0. The van der Waals surface area contributed by atoms with Crippen LogP contribution in [0, 0.1) is 11.7 Å². The Morgan fingerprint density at radius 3 is 2.77 bits per heavy atom. The van der Waals surface area contributed by atoms with Crippen LogP contribution in [0.5, 0.6) is 0 Å². The van der Waals surface area contributed by atoms with Crippen molar-refractivity contribution in [2.24, 2.45) is 16.6 Å². The second-order valence-corrected chi connectivity index (χ2v) is 5.68. The van der Waals surface area contributed by atoms with Gasteiger partial charge in [-0.3, -0.25) is 4.99 Å². The Kier molecular flexibility index (Phi) is 8.52. The summed E-state index contributed by atoms with van der Waals surface area (Å²) in [5.41, 5.74) is 6.45. The summed E-state index contributed by atoms with van der Waals surface area (Å²) in [5.74, 6) is 1.07. The number of anilines is 1. The van der Waals surface area contributed by atoms with E-state index in [0.29, 0.717) is 11.6 Å². The van der Waals surface area contributed by atoms with Gasteiger partial charge < -0.3 is 16.0 Å². The second-order valence-electron chi connectivity index (χ2n) is 5.68. The maximum atomic E-state index is 13.6. The van der Waals surface area contributed by atoms with Crippen LogP contribution in [0.25, 0.3) is 0 Å². The molecule has 1 saturated carbocycles. The van der Waals surface area contributed by atoms with Crippen molar-refractivity contribution in [2.75, 3.05) is 31.6 Å². The molecule has 0 aliphatic heterocycles. The highest BCUT2D eigenvalue weighted by Gasteiger charge is 2.16. The first-order chi connectivity index (χ1) is 10.2. The number of halogens is 2. The molecule has 1 aromatic carbocycles. The molecule has 0 amide bonds. The number of nitrogens with two attached hydrogens (primary N) is 1. The number of aliphatic imine (C=N–C) groups is 1. The van der Waals surface area contributed by atoms with E-state index < -0.39 is 0 Å². The lowest BCUT2D eigenvalue weighted by atomic mass is 9.86. The maximum absolute atomic E-state index is 13.6. The number of nitrogens with one attached hydrogen (secondary N) is 1. The van der Waals surface area contributed by atoms with Crippen LogP contribution in [-0.2, 0) is 0 Å². The quantitative estimate of drug-likeness (QED) is 0.309. The van der Waals surface area contributed by atoms with Crippen LogP contribution in [0.4, 0.5) is 10.1 Å². The van der Waals surface area contributed by atoms with E-state index in [1.165, 1.54) is 25.3 Å². The Labute approximate surface area is 149 Å². The molecule has 3 N–H and O–H groups in total. The summed E-state index contributed by atoms with van der Waals surface area (Å²) in [5, 5.41) is 3.11. The van der Waals surface area contributed by atoms with Crippen molar-refractivity contribution in [1.82, 2.24) is 5.32 Å². The normalized spacial score (nSPS) is 14.9. The fourth-order valence-electron chi connectivity index (χ4n) is 2.37. The molecule has 2 rings (SSSR count). The maximum Gasteiger partial charge on any atom is 0.188 e. The zero-order chi connectivity index (χ0) is 15.1. The summed E-state index contributed by atoms with van der Waals surface area (Å²) in [6, 6.07) is 6.82. The van der Waals surface area contributed by atoms with E-state index in [1.54, 1.807) is 12.1 Å². The standard InChI is InChI=1S/C16H25FN4.HI/c1-21(15-9-3-2-8-14(15)17)11-5-10-19-16(18)20-12-13-6-4-7-13;/h2-3,8-9,13H,4-7,10-12H2,1H3,(H3,18,19,20);1H. The zero-order valence-corrected chi connectivity index (χ0v) is 15.4. The third-order valence-corrected chi connectivity index (χ3v) is 3.98. The van der Waals surface area contributed by atoms with E-state index in [4.69, 9.17) is 5.73 Å². The van der Waals surface area contributed by atoms with Crippen molar-refractivity contribution in [2.45, 2.75) is 25.7 Å². The van der Waals surface area contributed by atoms with Gasteiger partial charge in [0.25, 0.3) is 0 Å². The highest BCUT2D eigenvalue weighted by Crippen LogP contribution is 2.26. The topological polar surface area (TPSA) is 53.6 Å². The van der Waals surface area contributed by atoms with Crippen molar-refractivity contribution in [1.29, 1.82) is 0 Å². The average Bonchev–Trinajstić information content (AvgIpc) is 2.42. The van der Waals surface area contributed by atoms with Gasteiger partial charge in [-0.15, -0.1) is 24.0 Å². The van der Waals surface area contributed by atoms with E-state index >= 15 is 0 Å². The van der Waals surface area contributed by atoms with Crippen molar-refractivity contribution >= 4 is 35.6 Å². The number of hydrogen-bond acceptors (Lipinski definition) is 2. The van der Waals surface area contributed by atoms with Crippen molar-refractivity contribution in [3.05, 3.63) is 30.1 Å². The van der Waals surface area contributed by atoms with Crippen molar-refractivity contribution in [3.63, 3.8) is 0 Å². The molecule has 1 aromatic rings. The van der Waals surface area contributed by atoms with Crippen LogP contribution < -0.4 is 16.0 Å². The Morgan fingerprint density at radius 2 is 2.14 bits per heavy atom. The fourth-order valence-corrected chi connectivity index (χ4v) is 2.37. The predicted octanol–water partition coefficient (Wildman–Crippen LogP) is 2.97. The van der Waals surface area contributed by atoms with Crippen LogP contribution in [-0.4, -0.2) is 32.6 Å². The first-order valence-electron chi connectivity index (χ1n) is 7.66. The van der Waals surface area contributed by atoms with Crippen LogP contribution in [0.15, 0.2) is 29.3 Å². The third kappa shape index (κ3) is 5.98. The molecule has 4 nitrogen and oxygen atoms in total. The molecule has 0 atom stereocenters. The third-order valence-electron chi connectivity index (χ3n) is 3.98. The number of rotatable bonds is 7. The molecule has 1 fully saturated rings. The number of nitrogens with zero attached hydrogens (tertiary/aromatic N) is 2. The lowest BCUT2D eigenvalue weighted by Gasteiger charge is -2.23. The molecule has 6 heteroatoms. The Morgan fingerprint density at radius 1 is 1.41 bits per heavy atom. The molecule has 22 heavy (non-hydrogen) atoms. The van der Waals surface area contributed by atoms with Crippen LogP contribution >= 0.6 is 24.0 Å². The van der Waals surface area contributed by atoms with Crippen LogP contribution in [0.2, 0.25) is 0 Å². The average molecular weight is 420 g/mol. The smallest absolute Gasteiger partial charge is 0.188 e. The fraction of sp³-hybridized carbons (Fsp3) is 0.562. The lowest BCUT2D eigenvalue weighted by Crippen LogP contribution is -2.34. The van der Waals surface area contributed by atoms with Crippen LogP contribution in [0.3, 0.4) is 0 Å². The van der Waals surface area contributed by atoms with E-state index in [-0.39, 0.29) is 29.8 Å². The molecule has 0 unspecified atom stereocenters. The molecule has 124 valence electrons. The van der Waals surface area contributed by atoms with Gasteiger partial charge >= 0.3 is 0 Å². The minimum Gasteiger partial charge on any atom is -0.372 e. The largest absolute Gasteiger partial charge is 0.372 e. The summed E-state index contributed by atoms with van der Waals surface area (Å²) in [6.07, 6.45) is 4.77. The molecule has 0 spiro atoms. The van der Waals surface area contributed by atoms with Gasteiger partial charge in [0.05, 0.1) is 5.69 Å². The van der Waals surface area contributed by atoms with Gasteiger partial charge in [0.15, 0.2) is 5.96 Å². The number of para-hydroxylation sites is 1. The van der Waals surface area contributed by atoms with E-state index in [0.717, 1.165) is 32.0 Å². The van der Waals surface area contributed by atoms with Gasteiger partial charge in [-0.05, 0) is 37.3 Å². The number of hydrogen-bond donors (Lipinski definition) is 2. The van der Waals surface area contributed by atoms with Crippen molar-refractivity contribution in [3.8, 4) is 0 Å². The van der Waals surface area contributed by atoms with Gasteiger partial charge in [-0.1, -0.05) is 18.6 Å². The summed E-state index contributed by atoms with van der Waals surface area (Å²) in [4.78, 5) is 6.26. The summed E-state index contributed by atoms with van der Waals surface area (Å²) in [6.45, 7) is 2.36. The van der Waals surface area contributed by atoms with Gasteiger partial charge in [-0.2, -0.15) is 0 Å². The van der Waals surface area contributed by atoms with Crippen molar-refractivity contribution < 1.29 is 4.39 Å². The molecular weight excluding hydrogens is 394 g/mol. The first kappa shape index (κ1) is 19.0. The summed E-state index contributed by atoms with van der Waals surface area (Å²) >= 11 is 0. The summed E-state index contributed by atoms with van der Waals surface area (Å²) < 4.78 is 13.6. The SMILES string of the molecule is CN(CCCNC(N)=NCC1CCC1)c1ccccc1F.I. The van der Waals surface area contributed by atoms with E-state index in [1.807, 2.05) is 18.0 Å². The van der Waals surface area contributed by atoms with Gasteiger partial charge in [0.2, 0.25) is 0 Å². The molecule has 1 aliphatic rings. The van der Waals surface area contributed by atoms with Gasteiger partial charge in [0, 0.05) is 26.7 Å². The van der Waals surface area contributed by atoms with Gasteiger partial charge in [0.1, 0.15) is 5.82 Å². The Bertz CT molecular complexity index is 477. The number of guanidine groups is 1. The van der Waals surface area contributed by atoms with Crippen LogP contribution in [0.1, 0.15) is 25.7 Å². The highest BCUT2D eigenvalue weighted by atomic mass is 127. The first-order valence-corrected chi connectivity index (χ1v) is 7.66. The summed E-state index contributed by atoms with van der Waals surface area (Å²) in [7, 11) is 1.90. The lowest BCUT2D eigenvalue weighted by molar-refractivity contribution is 0.326. The predicted molar refractivity (Wildman–Crippen MR) is 102 cm³/mol. The number of benzene rings is 1. The monoisotopic (exact) mass is 420 g/mol. The zero-order valence-electron chi connectivity index (χ0n) is 13.1. The minimum absolute atomic E-state index is 0. The minimum atomic E-state index is -0.186. The van der Waals surface area contributed by atoms with Gasteiger partial charge in [-0.25, -0.2) is 4.39 Å². The Hall–Kier alpha value is -1.05. The second kappa shape index (κ2) is 9.86. The molecule has 0 bridgehead atoms. The molecular formula is C16H26FIN4. The van der Waals surface area contributed by atoms with E-state index in [2.05, 4.69) is 10.3 Å². The molecule has 1 aliphatic carbocycles. The molecule has 0 heterocycles. The molecule has 0 aromatic heterocycles. The van der Waals surface area contributed by atoms with E-state index in [9.17, 15) is 4.39 Å². The molecule has 0 saturated heterocycles. The molecule has 0 radical (unpaired) electrons. The Balaban J connectivity index is 0.00000242.